The molecule has 5 rings (SSSR count). The highest BCUT2D eigenvalue weighted by Gasteiger charge is 2.30. The number of hydrogen-bond donors (Lipinski definition) is 2. The number of methoxy groups -OCH3 is 1. The zero-order valence-corrected chi connectivity index (χ0v) is 20.2. The van der Waals surface area contributed by atoms with Crippen LogP contribution in [0.15, 0.2) is 79.0 Å². The maximum absolute atomic E-state index is 13.5. The summed E-state index contributed by atoms with van der Waals surface area (Å²) in [7, 11) is 1.58. The molecule has 4 aromatic rings. The van der Waals surface area contributed by atoms with E-state index in [1.807, 2.05) is 42.5 Å². The summed E-state index contributed by atoms with van der Waals surface area (Å²) in [5.41, 5.74) is 3.27. The van der Waals surface area contributed by atoms with Gasteiger partial charge in [-0.05, 0) is 53.1 Å². The lowest BCUT2D eigenvalue weighted by Crippen LogP contribution is -2.45. The lowest BCUT2D eigenvalue weighted by molar-refractivity contribution is -0.148. The first-order chi connectivity index (χ1) is 18.0. The number of para-hydroxylation sites is 1. The van der Waals surface area contributed by atoms with Gasteiger partial charge in [-0.25, -0.2) is 4.79 Å². The first kappa shape index (κ1) is 24.0. The van der Waals surface area contributed by atoms with E-state index >= 15 is 0 Å². The number of aromatic nitrogens is 1. The Morgan fingerprint density at radius 2 is 1.86 bits per heavy atom. The van der Waals surface area contributed by atoms with Gasteiger partial charge in [0.2, 0.25) is 12.7 Å². The van der Waals surface area contributed by atoms with Crippen LogP contribution in [-0.4, -0.2) is 46.8 Å². The number of hydrogen-bond acceptors (Lipinski definition) is 5. The van der Waals surface area contributed by atoms with Crippen molar-refractivity contribution in [1.82, 2.24) is 9.88 Å². The number of amides is 1. The van der Waals surface area contributed by atoms with Crippen LogP contribution >= 0.6 is 0 Å². The number of carboxylic acid groups (broad SMARTS) is 1. The lowest BCUT2D eigenvalue weighted by Gasteiger charge is -2.28. The molecule has 1 atom stereocenters. The van der Waals surface area contributed by atoms with Crippen LogP contribution in [0.1, 0.15) is 16.7 Å². The van der Waals surface area contributed by atoms with Gasteiger partial charge in [0.1, 0.15) is 11.8 Å². The smallest absolute Gasteiger partial charge is 0.326 e. The molecule has 0 radical (unpaired) electrons. The molecule has 8 nitrogen and oxygen atoms in total. The van der Waals surface area contributed by atoms with E-state index in [-0.39, 0.29) is 19.8 Å². The molecule has 188 valence electrons. The summed E-state index contributed by atoms with van der Waals surface area (Å²) in [6, 6.07) is 19.2. The minimum Gasteiger partial charge on any atom is -0.497 e. The fourth-order valence-electron chi connectivity index (χ4n) is 4.39. The summed E-state index contributed by atoms with van der Waals surface area (Å²) < 4.78 is 16.0. The predicted octanol–water partition coefficient (Wildman–Crippen LogP) is 4.64. The van der Waals surface area contributed by atoms with Gasteiger partial charge in [0.05, 0.1) is 7.11 Å². The molecule has 0 spiro atoms. The normalized spacial score (nSPS) is 13.1. The standard InChI is InChI=1S/C29H26N2O6/c1-35-22-10-6-20(7-11-22)17-31(28(32)13-9-19-8-12-26-27(14-19)37-18-36-26)25(29(33)34)15-21-16-30-24-5-3-2-4-23(21)24/h2-14,16,25,30H,15,17-18H2,1H3,(H,33,34)/b13-9+/t25-/m0/s1. The van der Waals surface area contributed by atoms with E-state index in [2.05, 4.69) is 4.98 Å². The molecule has 0 saturated carbocycles. The Labute approximate surface area is 213 Å². The number of carboxylic acids is 1. The van der Waals surface area contributed by atoms with Gasteiger partial charge in [0.25, 0.3) is 0 Å². The SMILES string of the molecule is COc1ccc(CN(C(=O)/C=C/c2ccc3c(c2)OCO3)[C@@H](Cc2c[nH]c3ccccc23)C(=O)O)cc1. The van der Waals surface area contributed by atoms with Gasteiger partial charge in [0.15, 0.2) is 11.5 Å². The summed E-state index contributed by atoms with van der Waals surface area (Å²) in [6.07, 6.45) is 5.00. The summed E-state index contributed by atoms with van der Waals surface area (Å²) in [4.78, 5) is 30.6. The van der Waals surface area contributed by atoms with E-state index in [9.17, 15) is 14.7 Å². The minimum absolute atomic E-state index is 0.119. The largest absolute Gasteiger partial charge is 0.497 e. The van der Waals surface area contributed by atoms with E-state index in [1.54, 1.807) is 43.6 Å². The van der Waals surface area contributed by atoms with Crippen LogP contribution in [0.4, 0.5) is 0 Å². The fraction of sp³-hybridized carbons (Fsp3) is 0.172. The average molecular weight is 499 g/mol. The van der Waals surface area contributed by atoms with Gasteiger partial charge in [0, 0.05) is 36.1 Å². The maximum Gasteiger partial charge on any atom is 0.326 e. The quantitative estimate of drug-likeness (QED) is 0.326. The van der Waals surface area contributed by atoms with Crippen LogP contribution in [0.3, 0.4) is 0 Å². The van der Waals surface area contributed by atoms with E-state index < -0.39 is 17.9 Å². The molecule has 0 aliphatic carbocycles. The topological polar surface area (TPSA) is 101 Å². The molecule has 37 heavy (non-hydrogen) atoms. The second-order valence-corrected chi connectivity index (χ2v) is 8.68. The molecule has 1 amide bonds. The monoisotopic (exact) mass is 498 g/mol. The highest BCUT2D eigenvalue weighted by Crippen LogP contribution is 2.33. The summed E-state index contributed by atoms with van der Waals surface area (Å²) in [6.45, 7) is 0.277. The third kappa shape index (κ3) is 5.28. The Balaban J connectivity index is 1.45. The lowest BCUT2D eigenvalue weighted by atomic mass is 10.0. The number of ether oxygens (including phenoxy) is 3. The Morgan fingerprint density at radius 3 is 2.65 bits per heavy atom. The molecule has 1 aliphatic rings. The number of H-pyrrole nitrogens is 1. The number of carbonyl (C=O) groups is 2. The van der Waals surface area contributed by atoms with Crippen LogP contribution in [0.25, 0.3) is 17.0 Å². The van der Waals surface area contributed by atoms with E-state index in [1.165, 1.54) is 11.0 Å². The third-order valence-electron chi connectivity index (χ3n) is 6.36. The summed E-state index contributed by atoms with van der Waals surface area (Å²) >= 11 is 0. The van der Waals surface area contributed by atoms with Gasteiger partial charge in [-0.1, -0.05) is 36.4 Å². The maximum atomic E-state index is 13.5. The molecule has 2 heterocycles. The first-order valence-corrected chi connectivity index (χ1v) is 11.8. The highest BCUT2D eigenvalue weighted by molar-refractivity contribution is 5.95. The van der Waals surface area contributed by atoms with Gasteiger partial charge in [-0.15, -0.1) is 0 Å². The number of aliphatic carboxylic acids is 1. The van der Waals surface area contributed by atoms with Crippen molar-refractivity contribution < 1.29 is 28.9 Å². The first-order valence-electron chi connectivity index (χ1n) is 11.8. The Morgan fingerprint density at radius 1 is 1.08 bits per heavy atom. The molecule has 0 fully saturated rings. The second-order valence-electron chi connectivity index (χ2n) is 8.68. The van der Waals surface area contributed by atoms with Crippen molar-refractivity contribution in [1.29, 1.82) is 0 Å². The molecule has 0 bridgehead atoms. The number of carbonyl (C=O) groups excluding carboxylic acids is 1. The zero-order valence-electron chi connectivity index (χ0n) is 20.2. The van der Waals surface area contributed by atoms with Crippen molar-refractivity contribution in [3.05, 3.63) is 95.7 Å². The van der Waals surface area contributed by atoms with E-state index in [0.717, 1.165) is 27.6 Å². The molecule has 1 aliphatic heterocycles. The molecule has 3 aromatic carbocycles. The number of aromatic amines is 1. The molecule has 8 heteroatoms. The zero-order chi connectivity index (χ0) is 25.8. The molecule has 1 aromatic heterocycles. The van der Waals surface area contributed by atoms with Crippen molar-refractivity contribution in [3.8, 4) is 17.2 Å². The molecule has 0 saturated heterocycles. The van der Waals surface area contributed by atoms with Gasteiger partial charge in [-0.3, -0.25) is 4.79 Å². The minimum atomic E-state index is -1.09. The van der Waals surface area contributed by atoms with Crippen molar-refractivity contribution in [2.45, 2.75) is 19.0 Å². The molecule has 0 unspecified atom stereocenters. The number of benzene rings is 3. The average Bonchev–Trinajstić information content (AvgIpc) is 3.56. The third-order valence-corrected chi connectivity index (χ3v) is 6.36. The summed E-state index contributed by atoms with van der Waals surface area (Å²) in [5.74, 6) is 0.434. The van der Waals surface area contributed by atoms with Gasteiger partial charge < -0.3 is 29.2 Å². The second kappa shape index (κ2) is 10.5. The van der Waals surface area contributed by atoms with Crippen LogP contribution < -0.4 is 14.2 Å². The Hall–Kier alpha value is -4.72. The Kier molecular flexibility index (Phi) is 6.81. The number of rotatable bonds is 9. The van der Waals surface area contributed by atoms with Crippen molar-refractivity contribution in [2.24, 2.45) is 0 Å². The van der Waals surface area contributed by atoms with E-state index in [0.29, 0.717) is 17.2 Å². The van der Waals surface area contributed by atoms with E-state index in [4.69, 9.17) is 14.2 Å². The summed E-state index contributed by atoms with van der Waals surface area (Å²) in [5, 5.41) is 11.2. The number of nitrogens with one attached hydrogen (secondary N) is 1. The number of nitrogens with zero attached hydrogens (tertiary/aromatic N) is 1. The van der Waals surface area contributed by atoms with Crippen molar-refractivity contribution >= 4 is 28.9 Å². The van der Waals surface area contributed by atoms with Gasteiger partial charge >= 0.3 is 5.97 Å². The van der Waals surface area contributed by atoms with Gasteiger partial charge in [-0.2, -0.15) is 0 Å². The highest BCUT2D eigenvalue weighted by atomic mass is 16.7. The Bertz CT molecular complexity index is 1460. The molecule has 2 N–H and O–H groups in total. The predicted molar refractivity (Wildman–Crippen MR) is 139 cm³/mol. The van der Waals surface area contributed by atoms with Crippen molar-refractivity contribution in [2.75, 3.05) is 13.9 Å². The molecular formula is C29H26N2O6. The van der Waals surface area contributed by atoms with Crippen molar-refractivity contribution in [3.63, 3.8) is 0 Å². The molecular weight excluding hydrogens is 472 g/mol. The fourth-order valence-corrected chi connectivity index (χ4v) is 4.39. The van der Waals surface area contributed by atoms with Crippen LogP contribution in [0.2, 0.25) is 0 Å². The number of fused-ring (bicyclic) bond motifs is 2. The van der Waals surface area contributed by atoms with Crippen LogP contribution in [0, 0.1) is 0 Å². The van der Waals surface area contributed by atoms with Crippen LogP contribution in [0.5, 0.6) is 17.2 Å². The van der Waals surface area contributed by atoms with Crippen LogP contribution in [-0.2, 0) is 22.6 Å².